The molecule has 0 atom stereocenters. The van der Waals surface area contributed by atoms with E-state index in [4.69, 9.17) is 0 Å². The SMILES string of the molecule is O=C(Nc1ccc(F)cc1Br)c1ncccc1Br. The molecule has 18 heavy (non-hydrogen) atoms. The minimum atomic E-state index is -0.376. The Labute approximate surface area is 120 Å². The van der Waals surface area contributed by atoms with Gasteiger partial charge < -0.3 is 5.32 Å². The highest BCUT2D eigenvalue weighted by Gasteiger charge is 2.12. The van der Waals surface area contributed by atoms with E-state index in [1.54, 1.807) is 12.1 Å². The van der Waals surface area contributed by atoms with Crippen molar-refractivity contribution in [1.82, 2.24) is 4.98 Å². The van der Waals surface area contributed by atoms with Crippen LogP contribution in [0.25, 0.3) is 0 Å². The van der Waals surface area contributed by atoms with E-state index >= 15 is 0 Å². The molecule has 1 aromatic heterocycles. The van der Waals surface area contributed by atoms with Gasteiger partial charge in [-0.25, -0.2) is 9.37 Å². The molecular formula is C12H7Br2FN2O. The summed E-state index contributed by atoms with van der Waals surface area (Å²) in [6, 6.07) is 7.47. The van der Waals surface area contributed by atoms with Crippen molar-refractivity contribution in [2.45, 2.75) is 0 Å². The van der Waals surface area contributed by atoms with E-state index in [2.05, 4.69) is 42.2 Å². The molecule has 6 heteroatoms. The van der Waals surface area contributed by atoms with Crippen molar-refractivity contribution < 1.29 is 9.18 Å². The van der Waals surface area contributed by atoms with E-state index in [-0.39, 0.29) is 17.4 Å². The molecule has 0 aliphatic heterocycles. The number of nitrogens with one attached hydrogen (secondary N) is 1. The number of anilines is 1. The fourth-order valence-corrected chi connectivity index (χ4v) is 2.21. The Morgan fingerprint density at radius 1 is 1.22 bits per heavy atom. The molecule has 0 spiro atoms. The van der Waals surface area contributed by atoms with Gasteiger partial charge in [-0.1, -0.05) is 0 Å². The summed E-state index contributed by atoms with van der Waals surface area (Å²) in [6.45, 7) is 0. The zero-order valence-corrected chi connectivity index (χ0v) is 12.1. The maximum Gasteiger partial charge on any atom is 0.275 e. The van der Waals surface area contributed by atoms with Gasteiger partial charge in [-0.05, 0) is 62.2 Å². The number of carbonyl (C=O) groups excluding carboxylic acids is 1. The van der Waals surface area contributed by atoms with Crippen LogP contribution in [0.5, 0.6) is 0 Å². The first-order valence-electron chi connectivity index (χ1n) is 4.95. The van der Waals surface area contributed by atoms with Crippen molar-refractivity contribution in [3.05, 3.63) is 57.0 Å². The molecule has 0 unspecified atom stereocenters. The third kappa shape index (κ3) is 2.94. The van der Waals surface area contributed by atoms with Gasteiger partial charge in [0.25, 0.3) is 5.91 Å². The lowest BCUT2D eigenvalue weighted by molar-refractivity contribution is 0.102. The van der Waals surface area contributed by atoms with Crippen LogP contribution in [-0.4, -0.2) is 10.9 Å². The van der Waals surface area contributed by atoms with Crippen LogP contribution in [0.4, 0.5) is 10.1 Å². The van der Waals surface area contributed by atoms with Crippen molar-refractivity contribution in [2.75, 3.05) is 5.32 Å². The number of benzene rings is 1. The maximum atomic E-state index is 12.9. The lowest BCUT2D eigenvalue weighted by atomic mass is 10.3. The van der Waals surface area contributed by atoms with Crippen LogP contribution < -0.4 is 5.32 Å². The Bertz CT molecular complexity index is 604. The third-order valence-corrected chi connectivity index (χ3v) is 3.45. The number of amides is 1. The highest BCUT2D eigenvalue weighted by Crippen LogP contribution is 2.24. The molecule has 1 heterocycles. The molecule has 2 aromatic rings. The van der Waals surface area contributed by atoms with Gasteiger partial charge >= 0.3 is 0 Å². The molecule has 3 nitrogen and oxygen atoms in total. The lowest BCUT2D eigenvalue weighted by Gasteiger charge is -2.07. The zero-order valence-electron chi connectivity index (χ0n) is 8.95. The minimum Gasteiger partial charge on any atom is -0.320 e. The van der Waals surface area contributed by atoms with E-state index in [0.29, 0.717) is 14.6 Å². The number of halogens is 3. The summed E-state index contributed by atoms with van der Waals surface area (Å²) in [5.74, 6) is -0.742. The average Bonchev–Trinajstić information content (AvgIpc) is 2.33. The van der Waals surface area contributed by atoms with Gasteiger partial charge in [0.15, 0.2) is 0 Å². The second-order valence-electron chi connectivity index (χ2n) is 3.41. The third-order valence-electron chi connectivity index (χ3n) is 2.15. The van der Waals surface area contributed by atoms with Gasteiger partial charge in [0, 0.05) is 15.1 Å². The topological polar surface area (TPSA) is 42.0 Å². The van der Waals surface area contributed by atoms with E-state index in [1.165, 1.54) is 24.4 Å². The van der Waals surface area contributed by atoms with Crippen molar-refractivity contribution in [3.63, 3.8) is 0 Å². The predicted molar refractivity (Wildman–Crippen MR) is 74.0 cm³/mol. The van der Waals surface area contributed by atoms with Gasteiger partial charge in [0.2, 0.25) is 0 Å². The molecule has 0 saturated heterocycles. The summed E-state index contributed by atoms with van der Waals surface area (Å²) in [5.41, 5.74) is 0.757. The summed E-state index contributed by atoms with van der Waals surface area (Å²) in [7, 11) is 0. The second-order valence-corrected chi connectivity index (χ2v) is 5.12. The largest absolute Gasteiger partial charge is 0.320 e. The fourth-order valence-electron chi connectivity index (χ4n) is 1.33. The van der Waals surface area contributed by atoms with Gasteiger partial charge in [0.05, 0.1) is 5.69 Å². The average molecular weight is 374 g/mol. The van der Waals surface area contributed by atoms with E-state index < -0.39 is 0 Å². The predicted octanol–water partition coefficient (Wildman–Crippen LogP) is 4.00. The molecular weight excluding hydrogens is 367 g/mol. The number of nitrogens with zero attached hydrogens (tertiary/aromatic N) is 1. The highest BCUT2D eigenvalue weighted by atomic mass is 79.9. The second kappa shape index (κ2) is 5.58. The zero-order chi connectivity index (χ0) is 13.1. The molecule has 0 aliphatic carbocycles. The first-order valence-corrected chi connectivity index (χ1v) is 6.53. The monoisotopic (exact) mass is 372 g/mol. The van der Waals surface area contributed by atoms with Crippen molar-refractivity contribution in [2.24, 2.45) is 0 Å². The Morgan fingerprint density at radius 2 is 2.00 bits per heavy atom. The summed E-state index contributed by atoms with van der Waals surface area (Å²) >= 11 is 6.43. The molecule has 2 rings (SSSR count). The first-order chi connectivity index (χ1) is 8.58. The highest BCUT2D eigenvalue weighted by molar-refractivity contribution is 9.11. The maximum absolute atomic E-state index is 12.9. The fraction of sp³-hybridized carbons (Fsp3) is 0. The van der Waals surface area contributed by atoms with Crippen LogP contribution in [0, 0.1) is 5.82 Å². The van der Waals surface area contributed by atoms with Gasteiger partial charge in [-0.15, -0.1) is 0 Å². The Morgan fingerprint density at radius 3 is 2.67 bits per heavy atom. The summed E-state index contributed by atoms with van der Waals surface area (Å²) in [5, 5.41) is 2.65. The number of hydrogen-bond acceptors (Lipinski definition) is 2. The van der Waals surface area contributed by atoms with Gasteiger partial charge in [0.1, 0.15) is 11.5 Å². The van der Waals surface area contributed by atoms with Crippen LogP contribution in [0.3, 0.4) is 0 Å². The molecule has 1 N–H and O–H groups in total. The van der Waals surface area contributed by atoms with E-state index in [1.807, 2.05) is 0 Å². The number of hydrogen-bond donors (Lipinski definition) is 1. The van der Waals surface area contributed by atoms with Gasteiger partial charge in [-0.2, -0.15) is 0 Å². The molecule has 0 saturated carbocycles. The van der Waals surface area contributed by atoms with E-state index in [9.17, 15) is 9.18 Å². The molecule has 0 fully saturated rings. The summed E-state index contributed by atoms with van der Waals surface area (Å²) < 4.78 is 14.0. The Balaban J connectivity index is 2.24. The van der Waals surface area contributed by atoms with Crippen LogP contribution in [0.1, 0.15) is 10.5 Å². The van der Waals surface area contributed by atoms with Crippen molar-refractivity contribution in [1.29, 1.82) is 0 Å². The van der Waals surface area contributed by atoms with Gasteiger partial charge in [-0.3, -0.25) is 4.79 Å². The standard InChI is InChI=1S/C12H7Br2FN2O/c13-8-2-1-5-16-11(8)12(18)17-10-4-3-7(15)6-9(10)14/h1-6H,(H,17,18). The molecule has 92 valence electrons. The van der Waals surface area contributed by atoms with Crippen LogP contribution in [0.15, 0.2) is 45.5 Å². The number of carbonyl (C=O) groups is 1. The molecule has 1 aromatic carbocycles. The molecule has 0 aliphatic rings. The normalized spacial score (nSPS) is 10.2. The van der Waals surface area contributed by atoms with Crippen LogP contribution in [-0.2, 0) is 0 Å². The number of pyridine rings is 1. The number of aromatic nitrogens is 1. The molecule has 0 bridgehead atoms. The van der Waals surface area contributed by atoms with Crippen molar-refractivity contribution >= 4 is 43.5 Å². The van der Waals surface area contributed by atoms with Crippen LogP contribution >= 0.6 is 31.9 Å². The quantitative estimate of drug-likeness (QED) is 0.864. The van der Waals surface area contributed by atoms with E-state index in [0.717, 1.165) is 0 Å². The summed E-state index contributed by atoms with van der Waals surface area (Å²) in [4.78, 5) is 15.9. The molecule has 0 radical (unpaired) electrons. The minimum absolute atomic E-state index is 0.272. The Hall–Kier alpha value is -1.27. The summed E-state index contributed by atoms with van der Waals surface area (Å²) in [6.07, 6.45) is 1.53. The first kappa shape index (κ1) is 13.2. The smallest absolute Gasteiger partial charge is 0.275 e. The Kier molecular flexibility index (Phi) is 4.08. The number of rotatable bonds is 2. The van der Waals surface area contributed by atoms with Crippen LogP contribution in [0.2, 0.25) is 0 Å². The lowest BCUT2D eigenvalue weighted by Crippen LogP contribution is -2.14. The molecule has 1 amide bonds. The van der Waals surface area contributed by atoms with Crippen molar-refractivity contribution in [3.8, 4) is 0 Å².